The monoisotopic (exact) mass is 307 g/mol. The van der Waals surface area contributed by atoms with Gasteiger partial charge >= 0.3 is 6.03 Å². The van der Waals surface area contributed by atoms with Crippen molar-refractivity contribution in [2.45, 2.75) is 38.6 Å². The third-order valence-corrected chi connectivity index (χ3v) is 4.18. The number of hydrogen-bond acceptors (Lipinski definition) is 2. The number of nitrogens with one attached hydrogen (secondary N) is 2. The van der Waals surface area contributed by atoms with Crippen molar-refractivity contribution in [1.82, 2.24) is 10.2 Å². The van der Waals surface area contributed by atoms with Gasteiger partial charge in [-0.25, -0.2) is 9.18 Å². The molecule has 0 radical (unpaired) electrons. The minimum Gasteiger partial charge on any atom is -0.335 e. The quantitative estimate of drug-likeness (QED) is 0.895. The first-order valence-electron chi connectivity index (χ1n) is 7.92. The lowest BCUT2D eigenvalue weighted by atomic mass is 9.86. The van der Waals surface area contributed by atoms with E-state index in [1.54, 1.807) is 12.1 Å². The number of hydrogen-bond donors (Lipinski definition) is 2. The summed E-state index contributed by atoms with van der Waals surface area (Å²) in [5.41, 5.74) is 1.15. The van der Waals surface area contributed by atoms with Gasteiger partial charge in [-0.3, -0.25) is 0 Å². The molecule has 4 nitrogen and oxygen atoms in total. The van der Waals surface area contributed by atoms with Crippen LogP contribution in [-0.4, -0.2) is 37.6 Å². The summed E-state index contributed by atoms with van der Waals surface area (Å²) in [5.74, 6) is 0.306. The van der Waals surface area contributed by atoms with Gasteiger partial charge in [0.05, 0.1) is 5.69 Å². The van der Waals surface area contributed by atoms with E-state index in [2.05, 4.69) is 29.6 Å². The van der Waals surface area contributed by atoms with Crippen LogP contribution in [0.1, 0.15) is 31.2 Å². The maximum absolute atomic E-state index is 13.6. The van der Waals surface area contributed by atoms with E-state index in [4.69, 9.17) is 0 Å². The van der Waals surface area contributed by atoms with Gasteiger partial charge in [0.2, 0.25) is 0 Å². The standard InChI is InChI=1S/C17H26FN3O/c1-12-4-9-15(18)16(10-12)20-17(22)19-14-7-5-13(6-8-14)11-21(2)3/h4,9-10,13-14H,5-8,11H2,1-3H3,(H2,19,20,22). The van der Waals surface area contributed by atoms with E-state index in [0.29, 0.717) is 5.92 Å². The summed E-state index contributed by atoms with van der Waals surface area (Å²) in [7, 11) is 4.18. The Morgan fingerprint density at radius 1 is 1.27 bits per heavy atom. The number of halogens is 1. The van der Waals surface area contributed by atoms with E-state index in [0.717, 1.165) is 37.8 Å². The van der Waals surface area contributed by atoms with Gasteiger partial charge in [-0.05, 0) is 70.3 Å². The average molecular weight is 307 g/mol. The second-order valence-corrected chi connectivity index (χ2v) is 6.56. The van der Waals surface area contributed by atoms with Crippen LogP contribution in [0.2, 0.25) is 0 Å². The van der Waals surface area contributed by atoms with E-state index >= 15 is 0 Å². The summed E-state index contributed by atoms with van der Waals surface area (Å²) < 4.78 is 13.6. The molecule has 1 aliphatic rings. The predicted molar refractivity (Wildman–Crippen MR) is 87.6 cm³/mol. The van der Waals surface area contributed by atoms with Gasteiger partial charge in [0, 0.05) is 12.6 Å². The summed E-state index contributed by atoms with van der Waals surface area (Å²) >= 11 is 0. The van der Waals surface area contributed by atoms with Crippen LogP contribution in [0.25, 0.3) is 0 Å². The SMILES string of the molecule is Cc1ccc(F)c(NC(=O)NC2CCC(CN(C)C)CC2)c1. The van der Waals surface area contributed by atoms with Gasteiger partial charge in [-0.1, -0.05) is 6.07 Å². The van der Waals surface area contributed by atoms with Gasteiger partial charge in [0.1, 0.15) is 5.82 Å². The van der Waals surface area contributed by atoms with Crippen LogP contribution in [-0.2, 0) is 0 Å². The largest absolute Gasteiger partial charge is 0.335 e. The van der Waals surface area contributed by atoms with E-state index < -0.39 is 5.82 Å². The zero-order valence-corrected chi connectivity index (χ0v) is 13.7. The number of nitrogens with zero attached hydrogens (tertiary/aromatic N) is 1. The highest BCUT2D eigenvalue weighted by Crippen LogP contribution is 2.25. The van der Waals surface area contributed by atoms with Crippen molar-refractivity contribution in [3.05, 3.63) is 29.6 Å². The highest BCUT2D eigenvalue weighted by molar-refractivity contribution is 5.89. The predicted octanol–water partition coefficient (Wildman–Crippen LogP) is 3.38. The molecular formula is C17H26FN3O. The molecule has 1 saturated carbocycles. The molecule has 0 aromatic heterocycles. The first-order chi connectivity index (χ1) is 10.4. The fourth-order valence-corrected chi connectivity index (χ4v) is 3.08. The third kappa shape index (κ3) is 4.98. The van der Waals surface area contributed by atoms with Crippen LogP contribution in [0.4, 0.5) is 14.9 Å². The maximum atomic E-state index is 13.6. The van der Waals surface area contributed by atoms with Gasteiger partial charge < -0.3 is 15.5 Å². The Morgan fingerprint density at radius 3 is 2.59 bits per heavy atom. The van der Waals surface area contributed by atoms with Crippen LogP contribution in [0.5, 0.6) is 0 Å². The lowest BCUT2D eigenvalue weighted by Crippen LogP contribution is -2.41. The second kappa shape index (κ2) is 7.58. The van der Waals surface area contributed by atoms with Crippen LogP contribution < -0.4 is 10.6 Å². The summed E-state index contributed by atoms with van der Waals surface area (Å²) in [6, 6.07) is 4.57. The molecule has 1 aromatic carbocycles. The number of carbonyl (C=O) groups is 1. The Balaban J connectivity index is 1.80. The highest BCUT2D eigenvalue weighted by atomic mass is 19.1. The number of urea groups is 1. The summed E-state index contributed by atoms with van der Waals surface area (Å²) in [4.78, 5) is 14.2. The zero-order valence-electron chi connectivity index (χ0n) is 13.7. The Morgan fingerprint density at radius 2 is 1.95 bits per heavy atom. The van der Waals surface area contributed by atoms with Crippen molar-refractivity contribution in [2.75, 3.05) is 26.0 Å². The molecule has 0 aliphatic heterocycles. The molecule has 0 spiro atoms. The first-order valence-corrected chi connectivity index (χ1v) is 7.92. The fourth-order valence-electron chi connectivity index (χ4n) is 3.08. The van der Waals surface area contributed by atoms with Crippen LogP contribution in [0.3, 0.4) is 0 Å². The van der Waals surface area contributed by atoms with Crippen molar-refractivity contribution in [3.8, 4) is 0 Å². The molecule has 1 fully saturated rings. The third-order valence-electron chi connectivity index (χ3n) is 4.18. The van der Waals surface area contributed by atoms with Crippen molar-refractivity contribution < 1.29 is 9.18 Å². The molecule has 0 saturated heterocycles. The topological polar surface area (TPSA) is 44.4 Å². The molecule has 0 atom stereocenters. The maximum Gasteiger partial charge on any atom is 0.319 e. The van der Waals surface area contributed by atoms with Crippen LogP contribution in [0, 0.1) is 18.7 Å². The smallest absolute Gasteiger partial charge is 0.319 e. The van der Waals surface area contributed by atoms with Crippen molar-refractivity contribution in [3.63, 3.8) is 0 Å². The highest BCUT2D eigenvalue weighted by Gasteiger charge is 2.22. The summed E-state index contributed by atoms with van der Waals surface area (Å²) in [6.07, 6.45) is 4.23. The van der Waals surface area contributed by atoms with Gasteiger partial charge in [0.15, 0.2) is 0 Å². The normalized spacial score (nSPS) is 21.7. The first kappa shape index (κ1) is 16.7. The molecule has 122 valence electrons. The second-order valence-electron chi connectivity index (χ2n) is 6.56. The zero-order chi connectivity index (χ0) is 16.1. The lowest BCUT2D eigenvalue weighted by molar-refractivity contribution is 0.223. The molecule has 5 heteroatoms. The van der Waals surface area contributed by atoms with Gasteiger partial charge in [0.25, 0.3) is 0 Å². The average Bonchev–Trinajstić information content (AvgIpc) is 2.44. The number of anilines is 1. The Labute approximate surface area is 132 Å². The van der Waals surface area contributed by atoms with E-state index in [9.17, 15) is 9.18 Å². The number of carbonyl (C=O) groups excluding carboxylic acids is 1. The molecule has 22 heavy (non-hydrogen) atoms. The molecular weight excluding hydrogens is 281 g/mol. The Kier molecular flexibility index (Phi) is 5.77. The summed E-state index contributed by atoms with van der Waals surface area (Å²) in [6.45, 7) is 2.97. The number of aryl methyl sites for hydroxylation is 1. The van der Waals surface area contributed by atoms with Crippen LogP contribution in [0.15, 0.2) is 18.2 Å². The van der Waals surface area contributed by atoms with Gasteiger partial charge in [-0.2, -0.15) is 0 Å². The van der Waals surface area contributed by atoms with Crippen molar-refractivity contribution in [1.29, 1.82) is 0 Å². The minimum absolute atomic E-state index is 0.186. The van der Waals surface area contributed by atoms with E-state index in [-0.39, 0.29) is 17.8 Å². The molecule has 2 N–H and O–H groups in total. The van der Waals surface area contributed by atoms with Crippen molar-refractivity contribution >= 4 is 11.7 Å². The Hall–Kier alpha value is -1.62. The Bertz CT molecular complexity index is 511. The van der Waals surface area contributed by atoms with Gasteiger partial charge in [-0.15, -0.1) is 0 Å². The minimum atomic E-state index is -0.407. The molecule has 1 aromatic rings. The molecule has 0 unspecified atom stereocenters. The molecule has 2 amide bonds. The number of amides is 2. The molecule has 0 heterocycles. The fraction of sp³-hybridized carbons (Fsp3) is 0.588. The van der Waals surface area contributed by atoms with E-state index in [1.165, 1.54) is 6.07 Å². The lowest BCUT2D eigenvalue weighted by Gasteiger charge is -2.30. The summed E-state index contributed by atoms with van der Waals surface area (Å²) in [5, 5.41) is 5.57. The van der Waals surface area contributed by atoms with E-state index in [1.807, 2.05) is 6.92 Å². The molecule has 0 bridgehead atoms. The molecule has 2 rings (SSSR count). The number of benzene rings is 1. The molecule has 1 aliphatic carbocycles. The number of rotatable bonds is 4. The van der Waals surface area contributed by atoms with Crippen molar-refractivity contribution in [2.24, 2.45) is 5.92 Å². The van der Waals surface area contributed by atoms with Crippen LogP contribution >= 0.6 is 0 Å².